The molecule has 2 aliphatic rings. The van der Waals surface area contributed by atoms with Crippen LogP contribution in [-0.4, -0.2) is 0 Å². The molecule has 1 aromatic rings. The van der Waals surface area contributed by atoms with Gasteiger partial charge in [0.1, 0.15) is 6.07 Å². The van der Waals surface area contributed by atoms with E-state index in [9.17, 15) is 4.39 Å². The second-order valence-corrected chi connectivity index (χ2v) is 10.9. The van der Waals surface area contributed by atoms with Gasteiger partial charge in [0.05, 0.1) is 0 Å². The van der Waals surface area contributed by atoms with Gasteiger partial charge in [-0.2, -0.15) is 9.65 Å². The molecule has 2 heteroatoms. The summed E-state index contributed by atoms with van der Waals surface area (Å²) in [5.41, 5.74) is 3.07. The van der Waals surface area contributed by atoms with Gasteiger partial charge in [-0.05, 0) is 118 Å². The van der Waals surface area contributed by atoms with Crippen molar-refractivity contribution in [3.63, 3.8) is 0 Å². The zero-order chi connectivity index (χ0) is 24.0. The van der Waals surface area contributed by atoms with Gasteiger partial charge in [0, 0.05) is 0 Å². The minimum absolute atomic E-state index is 0.628. The Morgan fingerprint density at radius 1 is 0.882 bits per heavy atom. The summed E-state index contributed by atoms with van der Waals surface area (Å²) in [6.07, 6.45) is 26.6. The molecule has 2 aliphatic carbocycles. The SMILES string of the molecule is CCCCCCCc1ccc(C2CCC(/C=C/C3CCC(CCC=C(F)C#N)CC3)CC2)cc1. The van der Waals surface area contributed by atoms with Crippen molar-refractivity contribution in [1.82, 2.24) is 0 Å². The number of allylic oxidation sites excluding steroid dienone is 4. The van der Waals surface area contributed by atoms with Crippen LogP contribution in [0.4, 0.5) is 4.39 Å². The number of hydrogen-bond acceptors (Lipinski definition) is 1. The average molecular weight is 464 g/mol. The molecular formula is C32H46FN. The fraction of sp³-hybridized carbons (Fsp3) is 0.656. The molecule has 0 unspecified atom stereocenters. The summed E-state index contributed by atoms with van der Waals surface area (Å²) in [6.45, 7) is 2.28. The predicted molar refractivity (Wildman–Crippen MR) is 142 cm³/mol. The Morgan fingerprint density at radius 2 is 1.50 bits per heavy atom. The zero-order valence-electron chi connectivity index (χ0n) is 21.5. The molecule has 0 aliphatic heterocycles. The first kappa shape index (κ1) is 26.7. The largest absolute Gasteiger partial charge is 0.196 e. The maximum Gasteiger partial charge on any atom is 0.196 e. The Bertz CT molecular complexity index is 783. The highest BCUT2D eigenvalue weighted by Crippen LogP contribution is 2.38. The maximum atomic E-state index is 12.9. The number of nitriles is 1. The van der Waals surface area contributed by atoms with Gasteiger partial charge < -0.3 is 0 Å². The summed E-state index contributed by atoms with van der Waals surface area (Å²) >= 11 is 0. The van der Waals surface area contributed by atoms with Crippen LogP contribution in [0.1, 0.15) is 120 Å². The van der Waals surface area contributed by atoms with E-state index >= 15 is 0 Å². The quantitative estimate of drug-likeness (QED) is 0.172. The van der Waals surface area contributed by atoms with Crippen molar-refractivity contribution < 1.29 is 4.39 Å². The third-order valence-electron chi connectivity index (χ3n) is 8.34. The van der Waals surface area contributed by atoms with Gasteiger partial charge in [-0.15, -0.1) is 0 Å². The van der Waals surface area contributed by atoms with Gasteiger partial charge in [-0.25, -0.2) is 0 Å². The number of hydrogen-bond donors (Lipinski definition) is 0. The monoisotopic (exact) mass is 463 g/mol. The highest BCUT2D eigenvalue weighted by atomic mass is 19.1. The molecule has 2 saturated carbocycles. The molecule has 0 aromatic heterocycles. The van der Waals surface area contributed by atoms with E-state index in [2.05, 4.69) is 43.3 Å². The van der Waals surface area contributed by atoms with Crippen LogP contribution in [0.25, 0.3) is 0 Å². The summed E-state index contributed by atoms with van der Waals surface area (Å²) in [6, 6.07) is 11.1. The number of benzene rings is 1. The van der Waals surface area contributed by atoms with Crippen molar-refractivity contribution in [2.75, 3.05) is 0 Å². The van der Waals surface area contributed by atoms with E-state index in [1.165, 1.54) is 102 Å². The summed E-state index contributed by atoms with van der Waals surface area (Å²) in [5.74, 6) is 2.32. The molecule has 0 radical (unpaired) electrons. The molecule has 0 bridgehead atoms. The molecule has 0 saturated heterocycles. The summed E-state index contributed by atoms with van der Waals surface area (Å²) in [7, 11) is 0. The van der Waals surface area contributed by atoms with E-state index in [1.807, 2.05) is 0 Å². The Balaban J connectivity index is 1.32. The van der Waals surface area contributed by atoms with Crippen molar-refractivity contribution in [2.24, 2.45) is 17.8 Å². The Labute approximate surface area is 208 Å². The summed E-state index contributed by atoms with van der Waals surface area (Å²) in [4.78, 5) is 0. The van der Waals surface area contributed by atoms with Gasteiger partial charge in [0.15, 0.2) is 5.83 Å². The van der Waals surface area contributed by atoms with E-state index < -0.39 is 5.83 Å². The first-order valence-electron chi connectivity index (χ1n) is 14.2. The minimum atomic E-state index is -0.628. The molecule has 2 fully saturated rings. The predicted octanol–water partition coefficient (Wildman–Crippen LogP) is 9.99. The van der Waals surface area contributed by atoms with Crippen LogP contribution in [-0.2, 0) is 6.42 Å². The lowest BCUT2D eigenvalue weighted by molar-refractivity contribution is 0.295. The van der Waals surface area contributed by atoms with Crippen molar-refractivity contribution in [3.05, 3.63) is 59.4 Å². The number of rotatable bonds is 12. The van der Waals surface area contributed by atoms with Crippen LogP contribution in [0.5, 0.6) is 0 Å². The topological polar surface area (TPSA) is 23.8 Å². The molecule has 0 amide bonds. The summed E-state index contributed by atoms with van der Waals surface area (Å²) in [5, 5.41) is 8.50. The number of aryl methyl sites for hydroxylation is 1. The molecular weight excluding hydrogens is 417 g/mol. The zero-order valence-corrected chi connectivity index (χ0v) is 21.5. The standard InChI is InChI=1S/C32H46FN/c1-2-3-4-5-6-8-26-17-21-30(22-18-26)31-23-19-29(20-24-31)16-15-28-13-11-27(12-14-28)9-7-10-32(33)25-34/h10,15-18,21-22,27-29,31H,2-9,11-14,19-20,23-24H2,1H3/b16-15+,32-10?. The second-order valence-electron chi connectivity index (χ2n) is 10.9. The van der Waals surface area contributed by atoms with E-state index in [0.29, 0.717) is 12.3 Å². The third-order valence-corrected chi connectivity index (χ3v) is 8.34. The molecule has 1 nitrogen and oxygen atoms in total. The lowest BCUT2D eigenvalue weighted by Gasteiger charge is -2.29. The highest BCUT2D eigenvalue weighted by molar-refractivity contribution is 5.26. The second kappa shape index (κ2) is 15.2. The molecule has 3 rings (SSSR count). The van der Waals surface area contributed by atoms with Crippen LogP contribution in [0.15, 0.2) is 48.3 Å². The molecule has 186 valence electrons. The van der Waals surface area contributed by atoms with Crippen molar-refractivity contribution in [2.45, 2.75) is 116 Å². The van der Waals surface area contributed by atoms with Crippen LogP contribution >= 0.6 is 0 Å². The maximum absolute atomic E-state index is 12.9. The normalized spacial score (nSPS) is 26.0. The fourth-order valence-corrected chi connectivity index (χ4v) is 6.01. The smallest absolute Gasteiger partial charge is 0.195 e. The Kier molecular flexibility index (Phi) is 11.9. The van der Waals surface area contributed by atoms with Crippen LogP contribution < -0.4 is 0 Å². The molecule has 0 atom stereocenters. The Morgan fingerprint density at radius 3 is 2.12 bits per heavy atom. The van der Waals surface area contributed by atoms with E-state index in [0.717, 1.165) is 24.2 Å². The molecule has 34 heavy (non-hydrogen) atoms. The molecule has 1 aromatic carbocycles. The average Bonchev–Trinajstić information content (AvgIpc) is 2.88. The summed E-state index contributed by atoms with van der Waals surface area (Å²) < 4.78 is 12.9. The fourth-order valence-electron chi connectivity index (χ4n) is 6.01. The highest BCUT2D eigenvalue weighted by Gasteiger charge is 2.22. The van der Waals surface area contributed by atoms with Gasteiger partial charge in [-0.1, -0.05) is 69.0 Å². The van der Waals surface area contributed by atoms with Crippen molar-refractivity contribution in [3.8, 4) is 6.07 Å². The van der Waals surface area contributed by atoms with Crippen LogP contribution in [0, 0.1) is 29.1 Å². The van der Waals surface area contributed by atoms with Gasteiger partial charge in [-0.3, -0.25) is 0 Å². The van der Waals surface area contributed by atoms with Crippen molar-refractivity contribution in [1.29, 1.82) is 5.26 Å². The number of nitrogens with zero attached hydrogens (tertiary/aromatic N) is 1. The van der Waals surface area contributed by atoms with Gasteiger partial charge >= 0.3 is 0 Å². The molecule has 0 heterocycles. The first-order chi connectivity index (χ1) is 16.7. The molecule has 0 N–H and O–H groups in total. The van der Waals surface area contributed by atoms with Crippen LogP contribution in [0.2, 0.25) is 0 Å². The van der Waals surface area contributed by atoms with Crippen LogP contribution in [0.3, 0.4) is 0 Å². The van der Waals surface area contributed by atoms with E-state index in [-0.39, 0.29) is 0 Å². The van der Waals surface area contributed by atoms with Crippen molar-refractivity contribution >= 4 is 0 Å². The van der Waals surface area contributed by atoms with E-state index in [4.69, 9.17) is 5.26 Å². The minimum Gasteiger partial charge on any atom is -0.195 e. The van der Waals surface area contributed by atoms with Gasteiger partial charge in [0.25, 0.3) is 0 Å². The number of halogens is 1. The Hall–Kier alpha value is -1.88. The molecule has 0 spiro atoms. The number of unbranched alkanes of at least 4 members (excludes halogenated alkanes) is 4. The van der Waals surface area contributed by atoms with Gasteiger partial charge in [0.2, 0.25) is 0 Å². The van der Waals surface area contributed by atoms with E-state index in [1.54, 1.807) is 11.6 Å². The third kappa shape index (κ3) is 9.40. The first-order valence-corrected chi connectivity index (χ1v) is 14.2. The lowest BCUT2D eigenvalue weighted by atomic mass is 9.76. The lowest BCUT2D eigenvalue weighted by Crippen LogP contribution is -2.14.